The highest BCUT2D eigenvalue weighted by molar-refractivity contribution is 6.02. The van der Waals surface area contributed by atoms with Gasteiger partial charge in [-0.15, -0.1) is 0 Å². The number of halogens is 3. The van der Waals surface area contributed by atoms with Crippen molar-refractivity contribution in [1.29, 1.82) is 0 Å². The lowest BCUT2D eigenvalue weighted by atomic mass is 9.96. The van der Waals surface area contributed by atoms with Gasteiger partial charge in [0.1, 0.15) is 0 Å². The molecule has 1 aliphatic heterocycles. The standard InChI is InChI=1S/C23H21F3N2O2/c24-23(25,26)18-7-4-14(5-8-18)19-3-1-2-15-10-16(6-9-20(15)19)22(29)28-21-13-30-12-17(21)11-27/h1-10,17,21H,11-13,27H2,(H,28,29)/t17?,21-/m0/s1. The molecular formula is C23H21F3N2O2. The molecule has 1 fully saturated rings. The molecule has 30 heavy (non-hydrogen) atoms. The lowest BCUT2D eigenvalue weighted by molar-refractivity contribution is -0.137. The molecule has 2 atom stereocenters. The van der Waals surface area contributed by atoms with E-state index in [1.54, 1.807) is 12.1 Å². The summed E-state index contributed by atoms with van der Waals surface area (Å²) in [6, 6.07) is 15.8. The smallest absolute Gasteiger partial charge is 0.379 e. The lowest BCUT2D eigenvalue weighted by Crippen LogP contribution is -2.42. The summed E-state index contributed by atoms with van der Waals surface area (Å²) in [4.78, 5) is 12.7. The number of carbonyl (C=O) groups excluding carboxylic acids is 1. The molecule has 0 aliphatic carbocycles. The van der Waals surface area contributed by atoms with Gasteiger partial charge in [-0.25, -0.2) is 0 Å². The minimum absolute atomic E-state index is 0.0979. The van der Waals surface area contributed by atoms with Crippen molar-refractivity contribution in [2.45, 2.75) is 12.2 Å². The normalized spacial score (nSPS) is 19.2. The van der Waals surface area contributed by atoms with E-state index in [0.29, 0.717) is 30.9 Å². The molecule has 3 aromatic carbocycles. The molecule has 0 saturated carbocycles. The van der Waals surface area contributed by atoms with Crippen molar-refractivity contribution >= 4 is 16.7 Å². The Morgan fingerprint density at radius 2 is 1.83 bits per heavy atom. The third kappa shape index (κ3) is 4.04. The van der Waals surface area contributed by atoms with Gasteiger partial charge in [-0.2, -0.15) is 13.2 Å². The van der Waals surface area contributed by atoms with E-state index in [0.717, 1.165) is 28.5 Å². The van der Waals surface area contributed by atoms with Crippen molar-refractivity contribution < 1.29 is 22.7 Å². The highest BCUT2D eigenvalue weighted by Crippen LogP contribution is 2.33. The Kier molecular flexibility index (Phi) is 5.49. The Bertz CT molecular complexity index is 1060. The second-order valence-corrected chi connectivity index (χ2v) is 7.43. The molecule has 4 rings (SSSR count). The molecule has 0 spiro atoms. The van der Waals surface area contributed by atoms with Gasteiger partial charge in [0, 0.05) is 11.5 Å². The minimum Gasteiger partial charge on any atom is -0.379 e. The second kappa shape index (κ2) is 8.08. The van der Waals surface area contributed by atoms with Gasteiger partial charge in [-0.05, 0) is 52.7 Å². The van der Waals surface area contributed by atoms with Gasteiger partial charge in [-0.1, -0.05) is 36.4 Å². The molecule has 1 saturated heterocycles. The van der Waals surface area contributed by atoms with Crippen molar-refractivity contribution in [1.82, 2.24) is 5.32 Å². The molecule has 3 aromatic rings. The number of hydrogen-bond acceptors (Lipinski definition) is 3. The van der Waals surface area contributed by atoms with Crippen LogP contribution >= 0.6 is 0 Å². The number of amides is 1. The van der Waals surface area contributed by atoms with Gasteiger partial charge in [0.2, 0.25) is 0 Å². The molecule has 1 aliphatic rings. The summed E-state index contributed by atoms with van der Waals surface area (Å²) in [5.41, 5.74) is 7.04. The van der Waals surface area contributed by atoms with Crippen LogP contribution in [0, 0.1) is 5.92 Å². The quantitative estimate of drug-likeness (QED) is 0.672. The molecule has 7 heteroatoms. The fourth-order valence-corrected chi connectivity index (χ4v) is 3.76. The van der Waals surface area contributed by atoms with E-state index in [9.17, 15) is 18.0 Å². The first-order chi connectivity index (χ1) is 14.4. The van der Waals surface area contributed by atoms with E-state index in [1.165, 1.54) is 12.1 Å². The maximum Gasteiger partial charge on any atom is 0.416 e. The number of ether oxygens (including phenoxy) is 1. The van der Waals surface area contributed by atoms with Crippen LogP contribution in [0.1, 0.15) is 15.9 Å². The van der Waals surface area contributed by atoms with Gasteiger partial charge in [0.05, 0.1) is 24.8 Å². The third-order valence-corrected chi connectivity index (χ3v) is 5.48. The second-order valence-electron chi connectivity index (χ2n) is 7.43. The van der Waals surface area contributed by atoms with Gasteiger partial charge in [0.15, 0.2) is 0 Å². The number of rotatable bonds is 4. The van der Waals surface area contributed by atoms with Crippen molar-refractivity contribution in [3.8, 4) is 11.1 Å². The van der Waals surface area contributed by atoms with E-state index < -0.39 is 11.7 Å². The van der Waals surface area contributed by atoms with Crippen LogP contribution in [0.2, 0.25) is 0 Å². The Morgan fingerprint density at radius 3 is 2.53 bits per heavy atom. The predicted molar refractivity (Wildman–Crippen MR) is 109 cm³/mol. The molecule has 0 bridgehead atoms. The Hall–Kier alpha value is -2.90. The van der Waals surface area contributed by atoms with Gasteiger partial charge in [-0.3, -0.25) is 4.79 Å². The van der Waals surface area contributed by atoms with Crippen molar-refractivity contribution in [3.05, 3.63) is 71.8 Å². The zero-order chi connectivity index (χ0) is 21.3. The van der Waals surface area contributed by atoms with Crippen LogP contribution in [0.4, 0.5) is 13.2 Å². The fraction of sp³-hybridized carbons (Fsp3) is 0.261. The summed E-state index contributed by atoms with van der Waals surface area (Å²) in [5.74, 6) is -0.105. The molecule has 1 unspecified atom stereocenters. The Labute approximate surface area is 171 Å². The number of nitrogens with two attached hydrogens (primary N) is 1. The third-order valence-electron chi connectivity index (χ3n) is 5.48. The highest BCUT2D eigenvalue weighted by atomic mass is 19.4. The average Bonchev–Trinajstić information content (AvgIpc) is 3.19. The van der Waals surface area contributed by atoms with Crippen molar-refractivity contribution in [3.63, 3.8) is 0 Å². The summed E-state index contributed by atoms with van der Waals surface area (Å²) >= 11 is 0. The molecule has 3 N–H and O–H groups in total. The number of fused-ring (bicyclic) bond motifs is 1. The highest BCUT2D eigenvalue weighted by Gasteiger charge is 2.30. The first-order valence-corrected chi connectivity index (χ1v) is 9.66. The first-order valence-electron chi connectivity index (χ1n) is 9.66. The summed E-state index contributed by atoms with van der Waals surface area (Å²) in [7, 11) is 0. The van der Waals surface area contributed by atoms with E-state index >= 15 is 0 Å². The zero-order valence-corrected chi connectivity index (χ0v) is 16.1. The summed E-state index contributed by atoms with van der Waals surface area (Å²) < 4.78 is 43.9. The van der Waals surface area contributed by atoms with Crippen LogP contribution < -0.4 is 11.1 Å². The van der Waals surface area contributed by atoms with Crippen LogP contribution in [-0.4, -0.2) is 31.7 Å². The zero-order valence-electron chi connectivity index (χ0n) is 16.1. The molecule has 1 amide bonds. The molecule has 1 heterocycles. The van der Waals surface area contributed by atoms with E-state index in [4.69, 9.17) is 10.5 Å². The Morgan fingerprint density at radius 1 is 1.07 bits per heavy atom. The average molecular weight is 414 g/mol. The topological polar surface area (TPSA) is 64.3 Å². The molecule has 0 aromatic heterocycles. The largest absolute Gasteiger partial charge is 0.416 e. The van der Waals surface area contributed by atoms with Crippen LogP contribution in [0.5, 0.6) is 0 Å². The Balaban J connectivity index is 1.61. The number of benzene rings is 3. The number of nitrogens with one attached hydrogen (secondary N) is 1. The molecular weight excluding hydrogens is 393 g/mol. The van der Waals surface area contributed by atoms with E-state index in [2.05, 4.69) is 5.32 Å². The van der Waals surface area contributed by atoms with E-state index in [1.807, 2.05) is 24.3 Å². The van der Waals surface area contributed by atoms with Crippen LogP contribution in [0.3, 0.4) is 0 Å². The van der Waals surface area contributed by atoms with Gasteiger partial charge < -0.3 is 15.8 Å². The molecule has 0 radical (unpaired) electrons. The molecule has 4 nitrogen and oxygen atoms in total. The maximum atomic E-state index is 12.8. The number of alkyl halides is 3. The lowest BCUT2D eigenvalue weighted by Gasteiger charge is -2.17. The van der Waals surface area contributed by atoms with Crippen molar-refractivity contribution in [2.24, 2.45) is 11.7 Å². The van der Waals surface area contributed by atoms with Gasteiger partial charge >= 0.3 is 6.18 Å². The van der Waals surface area contributed by atoms with Gasteiger partial charge in [0.25, 0.3) is 5.91 Å². The summed E-state index contributed by atoms with van der Waals surface area (Å²) in [6.45, 7) is 1.42. The van der Waals surface area contributed by atoms with Crippen molar-refractivity contribution in [2.75, 3.05) is 19.8 Å². The maximum absolute atomic E-state index is 12.8. The predicted octanol–water partition coefficient (Wildman–Crippen LogP) is 4.23. The van der Waals surface area contributed by atoms with E-state index in [-0.39, 0.29) is 17.9 Å². The fourth-order valence-electron chi connectivity index (χ4n) is 3.76. The summed E-state index contributed by atoms with van der Waals surface area (Å²) in [6.07, 6.45) is -4.37. The molecule has 156 valence electrons. The van der Waals surface area contributed by atoms with Crippen LogP contribution in [-0.2, 0) is 10.9 Å². The van der Waals surface area contributed by atoms with Crippen LogP contribution in [0.25, 0.3) is 21.9 Å². The summed E-state index contributed by atoms with van der Waals surface area (Å²) in [5, 5.41) is 4.67. The first kappa shape index (κ1) is 20.4. The SMILES string of the molecule is NCC1COC[C@@H]1NC(=O)c1ccc2c(-c3ccc(C(F)(F)F)cc3)cccc2c1. The number of carbonyl (C=O) groups is 1. The minimum atomic E-state index is -4.37. The number of hydrogen-bond donors (Lipinski definition) is 2. The van der Waals surface area contributed by atoms with Crippen LogP contribution in [0.15, 0.2) is 60.7 Å². The monoisotopic (exact) mass is 414 g/mol.